The summed E-state index contributed by atoms with van der Waals surface area (Å²) in [5, 5.41) is 24.3. The highest BCUT2D eigenvalue weighted by Gasteiger charge is 2.15. The lowest BCUT2D eigenvalue weighted by Crippen LogP contribution is -2.13. The number of nitrogens with one attached hydrogen (secondary N) is 4. The van der Waals surface area contributed by atoms with Crippen LogP contribution >= 0.6 is 0 Å². The summed E-state index contributed by atoms with van der Waals surface area (Å²) in [5.41, 5.74) is 6.27. The van der Waals surface area contributed by atoms with Gasteiger partial charge in [0.2, 0.25) is 0 Å². The summed E-state index contributed by atoms with van der Waals surface area (Å²) in [6.07, 6.45) is -0.546. The standard InChI is InChI=1S/C25H27N5O3/c1-4-33-25(32)29-17-12-15(14-31)11-16(13-17)28-22-18-7-5-9-20(26-2)23(18)30-24-19(22)8-6-10-21(24)27-3/h5-13,26-27,31H,4,14H2,1-3H3,(H,28,30)(H,29,32). The van der Waals surface area contributed by atoms with Crippen LogP contribution in [0.5, 0.6) is 0 Å². The van der Waals surface area contributed by atoms with E-state index in [-0.39, 0.29) is 13.2 Å². The van der Waals surface area contributed by atoms with E-state index in [9.17, 15) is 9.90 Å². The van der Waals surface area contributed by atoms with Gasteiger partial charge in [0.15, 0.2) is 0 Å². The number of carbonyl (C=O) groups is 1. The average molecular weight is 446 g/mol. The topological polar surface area (TPSA) is 108 Å². The van der Waals surface area contributed by atoms with Crippen molar-refractivity contribution in [3.8, 4) is 0 Å². The lowest BCUT2D eigenvalue weighted by atomic mass is 10.0. The van der Waals surface area contributed by atoms with E-state index in [2.05, 4.69) is 21.3 Å². The molecule has 1 amide bonds. The molecule has 5 N–H and O–H groups in total. The summed E-state index contributed by atoms with van der Waals surface area (Å²) >= 11 is 0. The summed E-state index contributed by atoms with van der Waals surface area (Å²) in [7, 11) is 3.74. The quantitative estimate of drug-likeness (QED) is 0.247. The molecule has 0 saturated heterocycles. The zero-order valence-corrected chi connectivity index (χ0v) is 18.8. The number of aromatic nitrogens is 1. The van der Waals surface area contributed by atoms with E-state index in [1.54, 1.807) is 19.1 Å². The minimum atomic E-state index is -0.546. The van der Waals surface area contributed by atoms with E-state index in [4.69, 9.17) is 9.72 Å². The monoisotopic (exact) mass is 445 g/mol. The number of carbonyl (C=O) groups excluding carboxylic acids is 1. The van der Waals surface area contributed by atoms with Crippen LogP contribution in [0.4, 0.5) is 33.2 Å². The minimum Gasteiger partial charge on any atom is -0.450 e. The molecule has 8 nitrogen and oxygen atoms in total. The van der Waals surface area contributed by atoms with Crippen molar-refractivity contribution in [2.45, 2.75) is 13.5 Å². The fourth-order valence-corrected chi connectivity index (χ4v) is 3.88. The molecule has 0 fully saturated rings. The predicted octanol–water partition coefficient (Wildman–Crippen LogP) is 5.28. The average Bonchev–Trinajstić information content (AvgIpc) is 2.83. The molecule has 0 spiro atoms. The smallest absolute Gasteiger partial charge is 0.411 e. The number of pyridine rings is 1. The van der Waals surface area contributed by atoms with Crippen molar-refractivity contribution in [2.24, 2.45) is 0 Å². The first-order chi connectivity index (χ1) is 16.1. The van der Waals surface area contributed by atoms with Gasteiger partial charge in [-0.2, -0.15) is 0 Å². The number of benzene rings is 3. The number of para-hydroxylation sites is 2. The maximum absolute atomic E-state index is 11.9. The molecule has 4 aromatic rings. The number of fused-ring (bicyclic) bond motifs is 2. The molecule has 4 rings (SSSR count). The number of nitrogens with zero attached hydrogens (tertiary/aromatic N) is 1. The van der Waals surface area contributed by atoms with Crippen LogP contribution in [0, 0.1) is 0 Å². The van der Waals surface area contributed by atoms with Gasteiger partial charge in [0.05, 0.1) is 41.3 Å². The third kappa shape index (κ3) is 4.47. The number of anilines is 5. The predicted molar refractivity (Wildman–Crippen MR) is 135 cm³/mol. The molecule has 0 unspecified atom stereocenters. The summed E-state index contributed by atoms with van der Waals surface area (Å²) in [5.74, 6) is 0. The highest BCUT2D eigenvalue weighted by Crippen LogP contribution is 2.38. The Bertz CT molecular complexity index is 1260. The molecule has 0 aliphatic heterocycles. The van der Waals surface area contributed by atoms with E-state index in [0.29, 0.717) is 16.9 Å². The van der Waals surface area contributed by atoms with Gasteiger partial charge in [-0.05, 0) is 42.8 Å². The number of aliphatic hydroxyl groups excluding tert-OH is 1. The molecule has 1 aromatic heterocycles. The molecule has 0 aliphatic rings. The number of ether oxygens (including phenoxy) is 1. The third-order valence-electron chi connectivity index (χ3n) is 5.34. The first-order valence-corrected chi connectivity index (χ1v) is 10.7. The van der Waals surface area contributed by atoms with Crippen molar-refractivity contribution in [1.82, 2.24) is 4.98 Å². The van der Waals surface area contributed by atoms with Crippen LogP contribution in [0.25, 0.3) is 21.8 Å². The van der Waals surface area contributed by atoms with Crippen LogP contribution in [-0.2, 0) is 11.3 Å². The van der Waals surface area contributed by atoms with Crippen molar-refractivity contribution < 1.29 is 14.6 Å². The second-order valence-corrected chi connectivity index (χ2v) is 7.44. The number of amides is 1. The molecule has 3 aromatic carbocycles. The normalized spacial score (nSPS) is 10.8. The molecule has 8 heteroatoms. The minimum absolute atomic E-state index is 0.168. The zero-order chi connectivity index (χ0) is 23.4. The Hall–Kier alpha value is -4.04. The van der Waals surface area contributed by atoms with E-state index in [1.807, 2.05) is 56.6 Å². The Morgan fingerprint density at radius 2 is 1.55 bits per heavy atom. The number of rotatable bonds is 7. The Morgan fingerprint density at radius 3 is 2.09 bits per heavy atom. The van der Waals surface area contributed by atoms with Crippen LogP contribution in [0.15, 0.2) is 54.6 Å². The second-order valence-electron chi connectivity index (χ2n) is 7.44. The van der Waals surface area contributed by atoms with Crippen LogP contribution in [-0.4, -0.2) is 36.9 Å². The van der Waals surface area contributed by atoms with Gasteiger partial charge in [-0.1, -0.05) is 24.3 Å². The Morgan fingerprint density at radius 1 is 0.939 bits per heavy atom. The highest BCUT2D eigenvalue weighted by atomic mass is 16.5. The van der Waals surface area contributed by atoms with Gasteiger partial charge in [0.1, 0.15) is 0 Å². The van der Waals surface area contributed by atoms with E-state index in [1.165, 1.54) is 0 Å². The van der Waals surface area contributed by atoms with Crippen LogP contribution in [0.2, 0.25) is 0 Å². The summed E-state index contributed by atoms with van der Waals surface area (Å²) in [6, 6.07) is 17.3. The largest absolute Gasteiger partial charge is 0.450 e. The van der Waals surface area contributed by atoms with Gasteiger partial charge in [0.25, 0.3) is 0 Å². The first-order valence-electron chi connectivity index (χ1n) is 10.7. The molecule has 33 heavy (non-hydrogen) atoms. The van der Waals surface area contributed by atoms with Gasteiger partial charge in [-0.3, -0.25) is 5.32 Å². The van der Waals surface area contributed by atoms with Crippen molar-refractivity contribution in [3.05, 3.63) is 60.2 Å². The Balaban J connectivity index is 1.90. The third-order valence-corrected chi connectivity index (χ3v) is 5.34. The summed E-state index contributed by atoms with van der Waals surface area (Å²) in [6.45, 7) is 1.85. The van der Waals surface area contributed by atoms with Crippen LogP contribution in [0.3, 0.4) is 0 Å². The molecule has 0 bridgehead atoms. The number of aliphatic hydroxyl groups is 1. The Kier molecular flexibility index (Phi) is 6.46. The van der Waals surface area contributed by atoms with Crippen molar-refractivity contribution in [1.29, 1.82) is 0 Å². The Labute approximate surface area is 192 Å². The van der Waals surface area contributed by atoms with Gasteiger partial charge in [-0.15, -0.1) is 0 Å². The van der Waals surface area contributed by atoms with E-state index < -0.39 is 6.09 Å². The first kappa shape index (κ1) is 22.2. The fourth-order valence-electron chi connectivity index (χ4n) is 3.88. The molecule has 0 aliphatic carbocycles. The lowest BCUT2D eigenvalue weighted by molar-refractivity contribution is 0.168. The maximum atomic E-state index is 11.9. The fraction of sp³-hybridized carbons (Fsp3) is 0.200. The van der Waals surface area contributed by atoms with Crippen LogP contribution < -0.4 is 21.3 Å². The van der Waals surface area contributed by atoms with Gasteiger partial charge < -0.3 is 25.8 Å². The van der Waals surface area contributed by atoms with Gasteiger partial charge in [0, 0.05) is 36.2 Å². The van der Waals surface area contributed by atoms with Crippen LogP contribution in [0.1, 0.15) is 12.5 Å². The zero-order valence-electron chi connectivity index (χ0n) is 18.8. The second kappa shape index (κ2) is 9.62. The maximum Gasteiger partial charge on any atom is 0.411 e. The van der Waals surface area contributed by atoms with E-state index in [0.717, 1.165) is 38.9 Å². The molecular weight excluding hydrogens is 418 g/mol. The van der Waals surface area contributed by atoms with Crippen molar-refractivity contribution in [2.75, 3.05) is 42.0 Å². The lowest BCUT2D eigenvalue weighted by Gasteiger charge is -2.18. The summed E-state index contributed by atoms with van der Waals surface area (Å²) < 4.78 is 4.99. The number of hydrogen-bond acceptors (Lipinski definition) is 7. The van der Waals surface area contributed by atoms with Crippen molar-refractivity contribution >= 4 is 56.3 Å². The molecule has 1 heterocycles. The van der Waals surface area contributed by atoms with Gasteiger partial charge >= 0.3 is 6.09 Å². The molecule has 170 valence electrons. The molecule has 0 saturated carbocycles. The van der Waals surface area contributed by atoms with E-state index >= 15 is 0 Å². The molecular formula is C25H27N5O3. The number of hydrogen-bond donors (Lipinski definition) is 5. The van der Waals surface area contributed by atoms with Gasteiger partial charge in [-0.25, -0.2) is 9.78 Å². The van der Waals surface area contributed by atoms with Crippen molar-refractivity contribution in [3.63, 3.8) is 0 Å². The highest BCUT2D eigenvalue weighted by molar-refractivity contribution is 6.14. The summed E-state index contributed by atoms with van der Waals surface area (Å²) in [4.78, 5) is 16.9. The molecule has 0 atom stereocenters. The molecule has 0 radical (unpaired) electrons. The SMILES string of the molecule is CCOC(=O)Nc1cc(CO)cc(Nc2c3cccc(NC)c3nc3c(NC)cccc23)c1.